The Morgan fingerprint density at radius 3 is 2.14 bits per heavy atom. The lowest BCUT2D eigenvalue weighted by atomic mass is 9.97. The summed E-state index contributed by atoms with van der Waals surface area (Å²) in [6.45, 7) is 0. The van der Waals surface area contributed by atoms with Gasteiger partial charge in [0.15, 0.2) is 0 Å². The Hall–Kier alpha value is -1.75. The van der Waals surface area contributed by atoms with Crippen LogP contribution in [0.1, 0.15) is 36.0 Å². The summed E-state index contributed by atoms with van der Waals surface area (Å²) in [6.07, 6.45) is 4.58. The molecule has 0 saturated carbocycles. The molecule has 2 fully saturated rings. The average molecular weight is 304 g/mol. The van der Waals surface area contributed by atoms with Crippen molar-refractivity contribution in [2.24, 2.45) is 0 Å². The first-order valence-electron chi connectivity index (χ1n) is 7.86. The molecule has 1 N–H and O–H groups in total. The average Bonchev–Trinajstić information content (AvgIpc) is 2.76. The molecular weight excluding hydrogens is 280 g/mol. The minimum absolute atomic E-state index is 0.0499. The summed E-state index contributed by atoms with van der Waals surface area (Å²) in [7, 11) is 5.38. The molecule has 2 atom stereocenters. The van der Waals surface area contributed by atoms with E-state index in [0.717, 1.165) is 12.8 Å². The van der Waals surface area contributed by atoms with Crippen LogP contribution in [-0.4, -0.2) is 50.2 Å². The smallest absolute Gasteiger partial charge is 0.251 e. The predicted octanol–water partition coefficient (Wildman–Crippen LogP) is 2.06. The fourth-order valence-electron chi connectivity index (χ4n) is 3.74. The summed E-state index contributed by atoms with van der Waals surface area (Å²) >= 11 is 0. The molecule has 1 aromatic carbocycles. The van der Waals surface area contributed by atoms with Crippen LogP contribution in [-0.2, 0) is 0 Å². The van der Waals surface area contributed by atoms with Gasteiger partial charge in [0.05, 0.1) is 14.2 Å². The number of hydrogen-bond donors (Lipinski definition) is 1. The topological polar surface area (TPSA) is 50.8 Å². The number of methoxy groups -OCH3 is 2. The van der Waals surface area contributed by atoms with Crippen molar-refractivity contribution in [1.82, 2.24) is 10.2 Å². The Labute approximate surface area is 131 Å². The van der Waals surface area contributed by atoms with Gasteiger partial charge in [-0.3, -0.25) is 4.79 Å². The van der Waals surface area contributed by atoms with Crippen LogP contribution in [0.3, 0.4) is 0 Å². The van der Waals surface area contributed by atoms with Crippen molar-refractivity contribution in [2.75, 3.05) is 21.3 Å². The van der Waals surface area contributed by atoms with E-state index in [1.54, 1.807) is 32.4 Å². The van der Waals surface area contributed by atoms with E-state index in [2.05, 4.69) is 17.3 Å². The molecule has 2 aliphatic rings. The van der Waals surface area contributed by atoms with E-state index >= 15 is 0 Å². The zero-order chi connectivity index (χ0) is 15.7. The highest BCUT2D eigenvalue weighted by Gasteiger charge is 2.38. The van der Waals surface area contributed by atoms with Gasteiger partial charge < -0.3 is 19.7 Å². The molecule has 0 radical (unpaired) electrons. The summed E-state index contributed by atoms with van der Waals surface area (Å²) in [5.74, 6) is 1.21. The highest BCUT2D eigenvalue weighted by molar-refractivity contribution is 5.95. The number of carbonyl (C=O) groups excluding carboxylic acids is 1. The molecule has 0 aliphatic carbocycles. The minimum Gasteiger partial charge on any atom is -0.497 e. The van der Waals surface area contributed by atoms with Crippen molar-refractivity contribution in [2.45, 2.75) is 43.8 Å². The SMILES string of the molecule is COc1cc(OC)cc(C(=O)NC2C[C@@H]3CC[C@@H](C2)N3C)c1. The first-order chi connectivity index (χ1) is 10.6. The number of carbonyl (C=O) groups is 1. The van der Waals surface area contributed by atoms with E-state index in [-0.39, 0.29) is 11.9 Å². The van der Waals surface area contributed by atoms with Crippen molar-refractivity contribution in [3.63, 3.8) is 0 Å². The molecule has 120 valence electrons. The van der Waals surface area contributed by atoms with Crippen molar-refractivity contribution in [1.29, 1.82) is 0 Å². The Bertz CT molecular complexity index is 525. The van der Waals surface area contributed by atoms with E-state index in [1.165, 1.54) is 12.8 Å². The van der Waals surface area contributed by atoms with Gasteiger partial charge in [0.25, 0.3) is 5.91 Å². The van der Waals surface area contributed by atoms with Crippen molar-refractivity contribution in [3.05, 3.63) is 23.8 Å². The molecule has 2 heterocycles. The van der Waals surface area contributed by atoms with Gasteiger partial charge in [-0.15, -0.1) is 0 Å². The molecule has 5 nitrogen and oxygen atoms in total. The molecular formula is C17H24N2O3. The number of ether oxygens (including phenoxy) is 2. The zero-order valence-electron chi connectivity index (χ0n) is 13.5. The van der Waals surface area contributed by atoms with Gasteiger partial charge in [-0.2, -0.15) is 0 Å². The normalized spacial score (nSPS) is 27.5. The Morgan fingerprint density at radius 1 is 1.09 bits per heavy atom. The van der Waals surface area contributed by atoms with Crippen LogP contribution in [0.4, 0.5) is 0 Å². The van der Waals surface area contributed by atoms with Crippen LogP contribution in [0.5, 0.6) is 11.5 Å². The standard InChI is InChI=1S/C17H24N2O3/c1-19-13-4-5-14(19)9-12(8-13)18-17(20)11-6-15(21-2)10-16(7-11)22-3/h6-7,10,12-14H,4-5,8-9H2,1-3H3,(H,18,20)/t13-,14-/m0/s1. The van der Waals surface area contributed by atoms with Gasteiger partial charge in [0.1, 0.15) is 11.5 Å². The maximum Gasteiger partial charge on any atom is 0.251 e. The van der Waals surface area contributed by atoms with Crippen LogP contribution >= 0.6 is 0 Å². The molecule has 0 aromatic heterocycles. The van der Waals surface area contributed by atoms with Crippen LogP contribution in [0.25, 0.3) is 0 Å². The van der Waals surface area contributed by atoms with Crippen LogP contribution < -0.4 is 14.8 Å². The molecule has 2 aliphatic heterocycles. The fraction of sp³-hybridized carbons (Fsp3) is 0.588. The van der Waals surface area contributed by atoms with Gasteiger partial charge in [-0.05, 0) is 44.9 Å². The van der Waals surface area contributed by atoms with Crippen molar-refractivity contribution < 1.29 is 14.3 Å². The minimum atomic E-state index is -0.0499. The highest BCUT2D eigenvalue weighted by atomic mass is 16.5. The third kappa shape index (κ3) is 2.90. The van der Waals surface area contributed by atoms with Gasteiger partial charge in [0, 0.05) is 29.8 Å². The lowest BCUT2D eigenvalue weighted by Gasteiger charge is -2.36. The molecule has 5 heteroatoms. The van der Waals surface area contributed by atoms with Gasteiger partial charge in [0.2, 0.25) is 0 Å². The summed E-state index contributed by atoms with van der Waals surface area (Å²) in [5, 5.41) is 3.18. The third-order valence-electron chi connectivity index (χ3n) is 5.05. The highest BCUT2D eigenvalue weighted by Crippen LogP contribution is 2.34. The van der Waals surface area contributed by atoms with E-state index in [9.17, 15) is 4.79 Å². The number of rotatable bonds is 4. The van der Waals surface area contributed by atoms with Gasteiger partial charge in [-0.1, -0.05) is 0 Å². The quantitative estimate of drug-likeness (QED) is 0.925. The summed E-state index contributed by atoms with van der Waals surface area (Å²) < 4.78 is 10.5. The first-order valence-corrected chi connectivity index (χ1v) is 7.86. The van der Waals surface area contributed by atoms with E-state index < -0.39 is 0 Å². The number of fused-ring (bicyclic) bond motifs is 2. The van der Waals surface area contributed by atoms with Crippen molar-refractivity contribution >= 4 is 5.91 Å². The van der Waals surface area contributed by atoms with Crippen LogP contribution in [0, 0.1) is 0 Å². The number of nitrogens with one attached hydrogen (secondary N) is 1. The number of amides is 1. The third-order valence-corrected chi connectivity index (χ3v) is 5.05. The second-order valence-electron chi connectivity index (χ2n) is 6.29. The van der Waals surface area contributed by atoms with Gasteiger partial charge >= 0.3 is 0 Å². The number of hydrogen-bond acceptors (Lipinski definition) is 4. The predicted molar refractivity (Wildman–Crippen MR) is 84.6 cm³/mol. The summed E-state index contributed by atoms with van der Waals surface area (Å²) in [5.41, 5.74) is 0.586. The van der Waals surface area contributed by atoms with E-state index in [0.29, 0.717) is 29.1 Å². The maximum atomic E-state index is 12.5. The summed E-state index contributed by atoms with van der Waals surface area (Å²) in [6, 6.07) is 6.77. The van der Waals surface area contributed by atoms with Gasteiger partial charge in [-0.25, -0.2) is 0 Å². The molecule has 0 spiro atoms. The molecule has 3 rings (SSSR count). The van der Waals surface area contributed by atoms with Crippen molar-refractivity contribution in [3.8, 4) is 11.5 Å². The largest absolute Gasteiger partial charge is 0.497 e. The zero-order valence-corrected chi connectivity index (χ0v) is 13.5. The Balaban J connectivity index is 1.70. The number of nitrogens with zero attached hydrogens (tertiary/aromatic N) is 1. The Morgan fingerprint density at radius 2 is 1.64 bits per heavy atom. The Kier molecular flexibility index (Phi) is 4.25. The monoisotopic (exact) mass is 304 g/mol. The maximum absolute atomic E-state index is 12.5. The van der Waals surface area contributed by atoms with E-state index in [4.69, 9.17) is 9.47 Å². The van der Waals surface area contributed by atoms with Crippen LogP contribution in [0.15, 0.2) is 18.2 Å². The van der Waals surface area contributed by atoms with Crippen LogP contribution in [0.2, 0.25) is 0 Å². The molecule has 1 aromatic rings. The first kappa shape index (κ1) is 15.2. The van der Waals surface area contributed by atoms with E-state index in [1.807, 2.05) is 0 Å². The molecule has 22 heavy (non-hydrogen) atoms. The fourth-order valence-corrected chi connectivity index (χ4v) is 3.74. The number of piperidine rings is 1. The molecule has 2 bridgehead atoms. The second kappa shape index (κ2) is 6.16. The molecule has 1 amide bonds. The second-order valence-corrected chi connectivity index (χ2v) is 6.29. The lowest BCUT2D eigenvalue weighted by Crippen LogP contribution is -2.48. The summed E-state index contributed by atoms with van der Waals surface area (Å²) in [4.78, 5) is 15.0. The molecule has 2 saturated heterocycles. The lowest BCUT2D eigenvalue weighted by molar-refractivity contribution is 0.0882. The number of benzene rings is 1. The molecule has 0 unspecified atom stereocenters.